The van der Waals surface area contributed by atoms with Gasteiger partial charge in [0.1, 0.15) is 12.4 Å². The molecule has 0 atom stereocenters. The van der Waals surface area contributed by atoms with E-state index in [0.29, 0.717) is 6.61 Å². The summed E-state index contributed by atoms with van der Waals surface area (Å²) in [6.45, 7) is 0.533. The molecule has 1 aromatic heterocycles. The second-order valence-electron chi connectivity index (χ2n) is 4.52. The molecule has 110 valence electrons. The van der Waals surface area contributed by atoms with Gasteiger partial charge in [0.2, 0.25) is 5.13 Å². The van der Waals surface area contributed by atoms with E-state index in [9.17, 15) is 0 Å². The average molecular weight is 309 g/mol. The first-order chi connectivity index (χ1) is 10.9. The van der Waals surface area contributed by atoms with E-state index in [2.05, 4.69) is 15.5 Å². The lowest BCUT2D eigenvalue weighted by molar-refractivity contribution is 0.306. The fourth-order valence-electron chi connectivity index (χ4n) is 1.89. The summed E-state index contributed by atoms with van der Waals surface area (Å²) >= 11 is 1.50. The first-order valence-corrected chi connectivity index (χ1v) is 7.74. The molecule has 0 saturated carbocycles. The third kappa shape index (κ3) is 3.93. The van der Waals surface area contributed by atoms with Crippen molar-refractivity contribution in [1.29, 1.82) is 0 Å². The van der Waals surface area contributed by atoms with Crippen LogP contribution in [0.15, 0.2) is 71.3 Å². The Balaban J connectivity index is 1.65. The van der Waals surface area contributed by atoms with Gasteiger partial charge in [0.05, 0.1) is 6.21 Å². The Labute approximate surface area is 133 Å². The minimum atomic E-state index is 0.533. The summed E-state index contributed by atoms with van der Waals surface area (Å²) in [4.78, 5) is 4.11. The number of anilines is 1. The van der Waals surface area contributed by atoms with E-state index in [0.717, 1.165) is 22.0 Å². The minimum Gasteiger partial charge on any atom is -0.488 e. The Kier molecular flexibility index (Phi) is 4.79. The Morgan fingerprint density at radius 1 is 1.09 bits per heavy atom. The molecule has 5 heteroatoms. The topological polar surface area (TPSA) is 46.5 Å². The molecule has 0 bridgehead atoms. The van der Waals surface area contributed by atoms with Gasteiger partial charge in [-0.25, -0.2) is 4.98 Å². The van der Waals surface area contributed by atoms with Gasteiger partial charge in [-0.05, 0) is 17.7 Å². The molecule has 0 aliphatic rings. The molecule has 2 aromatic carbocycles. The number of nitrogens with one attached hydrogen (secondary N) is 1. The van der Waals surface area contributed by atoms with E-state index in [-0.39, 0.29) is 0 Å². The van der Waals surface area contributed by atoms with Gasteiger partial charge in [0.15, 0.2) is 0 Å². The number of rotatable bonds is 6. The minimum absolute atomic E-state index is 0.533. The third-order valence-corrected chi connectivity index (χ3v) is 3.63. The van der Waals surface area contributed by atoms with Crippen LogP contribution in [-0.2, 0) is 6.61 Å². The van der Waals surface area contributed by atoms with Gasteiger partial charge in [-0.3, -0.25) is 5.43 Å². The molecule has 0 aliphatic heterocycles. The van der Waals surface area contributed by atoms with Crippen LogP contribution in [0.2, 0.25) is 0 Å². The van der Waals surface area contributed by atoms with Crippen molar-refractivity contribution >= 4 is 22.7 Å². The molecule has 1 N–H and O–H groups in total. The highest BCUT2D eigenvalue weighted by Gasteiger charge is 2.01. The van der Waals surface area contributed by atoms with Gasteiger partial charge in [0.25, 0.3) is 0 Å². The molecule has 4 nitrogen and oxygen atoms in total. The molecule has 0 saturated heterocycles. The van der Waals surface area contributed by atoms with E-state index in [1.807, 2.05) is 60.0 Å². The molecule has 0 spiro atoms. The maximum atomic E-state index is 5.88. The highest BCUT2D eigenvalue weighted by molar-refractivity contribution is 7.13. The zero-order valence-corrected chi connectivity index (χ0v) is 12.7. The second-order valence-corrected chi connectivity index (χ2v) is 5.41. The maximum Gasteiger partial charge on any atom is 0.203 e. The number of para-hydroxylation sites is 1. The van der Waals surface area contributed by atoms with Gasteiger partial charge in [0, 0.05) is 17.1 Å². The summed E-state index contributed by atoms with van der Waals surface area (Å²) in [7, 11) is 0. The summed E-state index contributed by atoms with van der Waals surface area (Å²) in [6.07, 6.45) is 3.47. The van der Waals surface area contributed by atoms with Crippen molar-refractivity contribution in [2.45, 2.75) is 6.61 Å². The Hall–Kier alpha value is -2.66. The summed E-state index contributed by atoms with van der Waals surface area (Å²) in [5, 5.41) is 6.85. The van der Waals surface area contributed by atoms with E-state index < -0.39 is 0 Å². The summed E-state index contributed by atoms with van der Waals surface area (Å²) in [5.41, 5.74) is 4.95. The fourth-order valence-corrected chi connectivity index (χ4v) is 2.37. The van der Waals surface area contributed by atoms with Crippen molar-refractivity contribution in [1.82, 2.24) is 4.98 Å². The first kappa shape index (κ1) is 14.3. The van der Waals surface area contributed by atoms with Crippen LogP contribution < -0.4 is 10.2 Å². The van der Waals surface area contributed by atoms with Crippen LogP contribution in [0.3, 0.4) is 0 Å². The van der Waals surface area contributed by atoms with Crippen LogP contribution in [0, 0.1) is 0 Å². The maximum absolute atomic E-state index is 5.88. The smallest absolute Gasteiger partial charge is 0.203 e. The Morgan fingerprint density at radius 2 is 1.91 bits per heavy atom. The van der Waals surface area contributed by atoms with Gasteiger partial charge >= 0.3 is 0 Å². The normalized spacial score (nSPS) is 10.7. The van der Waals surface area contributed by atoms with Crippen molar-refractivity contribution in [3.05, 3.63) is 77.3 Å². The number of ether oxygens (including phenoxy) is 1. The van der Waals surface area contributed by atoms with Crippen LogP contribution in [0.4, 0.5) is 5.13 Å². The quantitative estimate of drug-likeness (QED) is 0.549. The van der Waals surface area contributed by atoms with Crippen LogP contribution >= 0.6 is 11.3 Å². The number of benzene rings is 2. The Morgan fingerprint density at radius 3 is 2.73 bits per heavy atom. The lowest BCUT2D eigenvalue weighted by Gasteiger charge is -2.08. The average Bonchev–Trinajstić information content (AvgIpc) is 3.08. The lowest BCUT2D eigenvalue weighted by atomic mass is 10.2. The molecule has 0 fully saturated rings. The standard InChI is InChI=1S/C17H15N3OS/c1-2-6-14(7-3-1)13-21-16-9-5-4-8-15(16)12-19-20-17-18-10-11-22-17/h1-12H,13H2,(H,18,20)/b19-12-. The summed E-state index contributed by atoms with van der Waals surface area (Å²) < 4.78 is 5.88. The summed E-state index contributed by atoms with van der Waals surface area (Å²) in [6, 6.07) is 17.9. The van der Waals surface area contributed by atoms with Crippen LogP contribution in [0.25, 0.3) is 0 Å². The highest BCUT2D eigenvalue weighted by atomic mass is 32.1. The van der Waals surface area contributed by atoms with Gasteiger partial charge in [-0.15, -0.1) is 11.3 Å². The molecule has 0 aliphatic carbocycles. The molecular formula is C17H15N3OS. The third-order valence-electron chi connectivity index (χ3n) is 2.95. The number of thiazole rings is 1. The number of nitrogens with zero attached hydrogens (tertiary/aromatic N) is 2. The zero-order valence-electron chi connectivity index (χ0n) is 11.8. The van der Waals surface area contributed by atoms with Crippen molar-refractivity contribution in [3.8, 4) is 5.75 Å². The molecule has 3 aromatic rings. The predicted molar refractivity (Wildman–Crippen MR) is 90.5 cm³/mol. The SMILES string of the molecule is C(=N/Nc1nccs1)/c1ccccc1OCc1ccccc1. The van der Waals surface area contributed by atoms with E-state index in [4.69, 9.17) is 4.74 Å². The van der Waals surface area contributed by atoms with Crippen LogP contribution in [0.1, 0.15) is 11.1 Å². The molecule has 0 amide bonds. The molecule has 0 radical (unpaired) electrons. The van der Waals surface area contributed by atoms with Crippen molar-refractivity contribution in [2.75, 3.05) is 5.43 Å². The van der Waals surface area contributed by atoms with Crippen molar-refractivity contribution in [3.63, 3.8) is 0 Å². The molecular weight excluding hydrogens is 294 g/mol. The number of hydrogen-bond acceptors (Lipinski definition) is 5. The van der Waals surface area contributed by atoms with Crippen LogP contribution in [0.5, 0.6) is 5.75 Å². The van der Waals surface area contributed by atoms with E-state index in [1.165, 1.54) is 11.3 Å². The zero-order chi connectivity index (χ0) is 15.0. The van der Waals surface area contributed by atoms with Crippen molar-refractivity contribution < 1.29 is 4.74 Å². The Bertz CT molecular complexity index is 727. The second kappa shape index (κ2) is 7.38. The van der Waals surface area contributed by atoms with Gasteiger partial charge in [-0.1, -0.05) is 42.5 Å². The summed E-state index contributed by atoms with van der Waals surface area (Å²) in [5.74, 6) is 0.802. The number of aromatic nitrogens is 1. The van der Waals surface area contributed by atoms with Crippen LogP contribution in [-0.4, -0.2) is 11.2 Å². The lowest BCUT2D eigenvalue weighted by Crippen LogP contribution is -1.98. The highest BCUT2D eigenvalue weighted by Crippen LogP contribution is 2.18. The fraction of sp³-hybridized carbons (Fsp3) is 0.0588. The predicted octanol–water partition coefficient (Wildman–Crippen LogP) is 4.17. The molecule has 22 heavy (non-hydrogen) atoms. The van der Waals surface area contributed by atoms with Gasteiger partial charge < -0.3 is 4.74 Å². The monoisotopic (exact) mass is 309 g/mol. The van der Waals surface area contributed by atoms with Gasteiger partial charge in [-0.2, -0.15) is 5.10 Å². The first-order valence-electron chi connectivity index (χ1n) is 6.86. The number of hydrazone groups is 1. The largest absolute Gasteiger partial charge is 0.488 e. The molecule has 3 rings (SSSR count). The molecule has 0 unspecified atom stereocenters. The van der Waals surface area contributed by atoms with Crippen molar-refractivity contribution in [2.24, 2.45) is 5.10 Å². The van der Waals surface area contributed by atoms with E-state index in [1.54, 1.807) is 12.4 Å². The molecule has 1 heterocycles. The number of hydrogen-bond donors (Lipinski definition) is 1. The van der Waals surface area contributed by atoms with E-state index >= 15 is 0 Å².